The van der Waals surface area contributed by atoms with E-state index < -0.39 is 5.91 Å². The van der Waals surface area contributed by atoms with Crippen molar-refractivity contribution in [1.29, 1.82) is 0 Å². The number of hydrogen-bond donors (Lipinski definition) is 1. The van der Waals surface area contributed by atoms with Crippen LogP contribution in [0.15, 0.2) is 78.9 Å². The molecule has 148 valence electrons. The SMILES string of the molecule is COc1ccc(OCC(=O)N(Cc2ccccc2)c2ccccc2)c(C(N)=O)c1. The Hall–Kier alpha value is -3.80. The van der Waals surface area contributed by atoms with Crippen LogP contribution in [0.2, 0.25) is 0 Å². The van der Waals surface area contributed by atoms with Gasteiger partial charge in [-0.3, -0.25) is 9.59 Å². The number of carbonyl (C=O) groups is 2. The molecule has 3 aromatic rings. The molecule has 0 aliphatic carbocycles. The molecule has 0 radical (unpaired) electrons. The van der Waals surface area contributed by atoms with Crippen LogP contribution >= 0.6 is 0 Å². The standard InChI is InChI=1S/C23H22N2O4/c1-28-19-12-13-21(20(14-19)23(24)27)29-16-22(26)25(18-10-6-3-7-11-18)15-17-8-4-2-5-9-17/h2-14H,15-16H2,1H3,(H2,24,27). The first-order chi connectivity index (χ1) is 14.1. The molecule has 0 spiro atoms. The van der Waals surface area contributed by atoms with Gasteiger partial charge in [-0.05, 0) is 35.9 Å². The summed E-state index contributed by atoms with van der Waals surface area (Å²) in [5.41, 5.74) is 7.34. The Kier molecular flexibility index (Phi) is 6.47. The first-order valence-corrected chi connectivity index (χ1v) is 9.08. The Morgan fingerprint density at radius 2 is 1.59 bits per heavy atom. The zero-order chi connectivity index (χ0) is 20.6. The average Bonchev–Trinajstić information content (AvgIpc) is 2.77. The van der Waals surface area contributed by atoms with E-state index >= 15 is 0 Å². The number of nitrogens with two attached hydrogens (primary N) is 1. The van der Waals surface area contributed by atoms with Gasteiger partial charge in [-0.15, -0.1) is 0 Å². The minimum atomic E-state index is -0.657. The number of primary amides is 1. The van der Waals surface area contributed by atoms with Crippen LogP contribution in [-0.2, 0) is 11.3 Å². The molecule has 6 heteroatoms. The van der Waals surface area contributed by atoms with Gasteiger partial charge in [0.05, 0.1) is 19.2 Å². The fourth-order valence-electron chi connectivity index (χ4n) is 2.87. The second-order valence-electron chi connectivity index (χ2n) is 6.32. The van der Waals surface area contributed by atoms with Gasteiger partial charge in [0.25, 0.3) is 11.8 Å². The molecule has 3 rings (SSSR count). The van der Waals surface area contributed by atoms with Crippen molar-refractivity contribution in [3.8, 4) is 11.5 Å². The van der Waals surface area contributed by atoms with E-state index in [1.807, 2.05) is 60.7 Å². The van der Waals surface area contributed by atoms with Crippen molar-refractivity contribution in [3.05, 3.63) is 90.0 Å². The molecule has 0 saturated carbocycles. The summed E-state index contributed by atoms with van der Waals surface area (Å²) in [5.74, 6) is -0.186. The predicted molar refractivity (Wildman–Crippen MR) is 111 cm³/mol. The van der Waals surface area contributed by atoms with Gasteiger partial charge in [0, 0.05) is 5.69 Å². The molecule has 0 fully saturated rings. The second kappa shape index (κ2) is 9.41. The Bertz CT molecular complexity index is 975. The van der Waals surface area contributed by atoms with Crippen LogP contribution in [0.1, 0.15) is 15.9 Å². The van der Waals surface area contributed by atoms with E-state index in [4.69, 9.17) is 15.2 Å². The van der Waals surface area contributed by atoms with Crippen LogP contribution in [0.5, 0.6) is 11.5 Å². The quantitative estimate of drug-likeness (QED) is 0.639. The summed E-state index contributed by atoms with van der Waals surface area (Å²) in [4.78, 5) is 26.3. The second-order valence-corrected chi connectivity index (χ2v) is 6.32. The summed E-state index contributed by atoms with van der Waals surface area (Å²) in [6, 6.07) is 23.8. The highest BCUT2D eigenvalue weighted by molar-refractivity contribution is 5.97. The van der Waals surface area contributed by atoms with Gasteiger partial charge in [0.15, 0.2) is 6.61 Å². The molecular weight excluding hydrogens is 368 g/mol. The molecule has 0 aliphatic heterocycles. The third kappa shape index (κ3) is 5.13. The van der Waals surface area contributed by atoms with Gasteiger partial charge >= 0.3 is 0 Å². The number of para-hydroxylation sites is 1. The third-order valence-electron chi connectivity index (χ3n) is 4.36. The van der Waals surface area contributed by atoms with E-state index in [1.165, 1.54) is 13.2 Å². The number of hydrogen-bond acceptors (Lipinski definition) is 4. The smallest absolute Gasteiger partial charge is 0.265 e. The molecule has 0 bridgehead atoms. The number of carbonyl (C=O) groups excluding carboxylic acids is 2. The lowest BCUT2D eigenvalue weighted by molar-refractivity contribution is -0.120. The molecule has 0 aromatic heterocycles. The van der Waals surface area contributed by atoms with Gasteiger partial charge in [-0.25, -0.2) is 0 Å². The number of anilines is 1. The van der Waals surface area contributed by atoms with Crippen LogP contribution < -0.4 is 20.1 Å². The van der Waals surface area contributed by atoms with Crippen molar-refractivity contribution in [2.75, 3.05) is 18.6 Å². The number of rotatable bonds is 8. The number of ether oxygens (including phenoxy) is 2. The summed E-state index contributed by atoms with van der Waals surface area (Å²) < 4.78 is 10.8. The molecule has 29 heavy (non-hydrogen) atoms. The predicted octanol–water partition coefficient (Wildman–Crippen LogP) is 3.41. The zero-order valence-electron chi connectivity index (χ0n) is 16.1. The maximum atomic E-state index is 13.0. The summed E-state index contributed by atoms with van der Waals surface area (Å²) in [6.07, 6.45) is 0. The van der Waals surface area contributed by atoms with Crippen molar-refractivity contribution < 1.29 is 19.1 Å². The van der Waals surface area contributed by atoms with E-state index in [1.54, 1.807) is 17.0 Å². The van der Waals surface area contributed by atoms with Crippen LogP contribution in [0.25, 0.3) is 0 Å². The topological polar surface area (TPSA) is 81.9 Å². The van der Waals surface area contributed by atoms with Gasteiger partial charge in [-0.2, -0.15) is 0 Å². The lowest BCUT2D eigenvalue weighted by atomic mass is 10.1. The van der Waals surface area contributed by atoms with Crippen LogP contribution in [0.3, 0.4) is 0 Å². The van der Waals surface area contributed by atoms with Crippen molar-refractivity contribution in [2.24, 2.45) is 5.73 Å². The zero-order valence-corrected chi connectivity index (χ0v) is 16.1. The molecule has 0 aliphatic rings. The Morgan fingerprint density at radius 3 is 2.21 bits per heavy atom. The fourth-order valence-corrected chi connectivity index (χ4v) is 2.87. The Labute approximate surface area is 169 Å². The number of methoxy groups -OCH3 is 1. The maximum absolute atomic E-state index is 13.0. The Morgan fingerprint density at radius 1 is 0.931 bits per heavy atom. The van der Waals surface area contributed by atoms with Crippen molar-refractivity contribution in [2.45, 2.75) is 6.54 Å². The van der Waals surface area contributed by atoms with E-state index in [9.17, 15) is 9.59 Å². The van der Waals surface area contributed by atoms with Crippen LogP contribution in [0.4, 0.5) is 5.69 Å². The summed E-state index contributed by atoms with van der Waals surface area (Å²) in [6.45, 7) is 0.159. The highest BCUT2D eigenvalue weighted by atomic mass is 16.5. The summed E-state index contributed by atoms with van der Waals surface area (Å²) >= 11 is 0. The monoisotopic (exact) mass is 390 g/mol. The minimum Gasteiger partial charge on any atom is -0.497 e. The molecule has 6 nitrogen and oxygen atoms in total. The lowest BCUT2D eigenvalue weighted by Crippen LogP contribution is -2.34. The first kappa shape index (κ1) is 19.9. The largest absolute Gasteiger partial charge is 0.497 e. The Balaban J connectivity index is 1.79. The van der Waals surface area contributed by atoms with Crippen LogP contribution in [-0.4, -0.2) is 25.5 Å². The first-order valence-electron chi connectivity index (χ1n) is 9.08. The average molecular weight is 390 g/mol. The van der Waals surface area contributed by atoms with Crippen LogP contribution in [0, 0.1) is 0 Å². The third-order valence-corrected chi connectivity index (χ3v) is 4.36. The van der Waals surface area contributed by atoms with Crippen molar-refractivity contribution >= 4 is 17.5 Å². The highest BCUT2D eigenvalue weighted by Crippen LogP contribution is 2.24. The molecule has 0 heterocycles. The fraction of sp³-hybridized carbons (Fsp3) is 0.130. The highest BCUT2D eigenvalue weighted by Gasteiger charge is 2.19. The summed E-state index contributed by atoms with van der Waals surface area (Å²) in [7, 11) is 1.49. The molecule has 0 atom stereocenters. The van der Waals surface area contributed by atoms with Gasteiger partial charge in [0.2, 0.25) is 0 Å². The maximum Gasteiger partial charge on any atom is 0.265 e. The van der Waals surface area contributed by atoms with Crippen molar-refractivity contribution in [1.82, 2.24) is 0 Å². The van der Waals surface area contributed by atoms with E-state index in [0.717, 1.165) is 11.3 Å². The molecular formula is C23H22N2O4. The van der Waals surface area contributed by atoms with Crippen molar-refractivity contribution in [3.63, 3.8) is 0 Å². The molecule has 2 N–H and O–H groups in total. The number of benzene rings is 3. The minimum absolute atomic E-state index is 0.159. The van der Waals surface area contributed by atoms with Gasteiger partial charge in [-0.1, -0.05) is 48.5 Å². The summed E-state index contributed by atoms with van der Waals surface area (Å²) in [5, 5.41) is 0. The van der Waals surface area contributed by atoms with Gasteiger partial charge in [0.1, 0.15) is 11.5 Å². The number of amides is 2. The van der Waals surface area contributed by atoms with E-state index in [0.29, 0.717) is 12.3 Å². The molecule has 3 aromatic carbocycles. The van der Waals surface area contributed by atoms with E-state index in [-0.39, 0.29) is 23.8 Å². The molecule has 0 unspecified atom stereocenters. The normalized spacial score (nSPS) is 10.2. The van der Waals surface area contributed by atoms with Gasteiger partial charge < -0.3 is 20.1 Å². The van der Waals surface area contributed by atoms with E-state index in [2.05, 4.69) is 0 Å². The molecule has 2 amide bonds. The molecule has 0 saturated heterocycles. The number of nitrogens with zero attached hydrogens (tertiary/aromatic N) is 1. The lowest BCUT2D eigenvalue weighted by Gasteiger charge is -2.23.